The maximum Gasteiger partial charge on any atom is 0.0642 e. The van der Waals surface area contributed by atoms with Gasteiger partial charge in [-0.3, -0.25) is 0 Å². The van der Waals surface area contributed by atoms with E-state index in [1.807, 2.05) is 32.0 Å². The molecule has 0 fully saturated rings. The standard InChI is InChI=1S/C11H17IN2O/c1-8(2)15-6-5-14-11-4-3-9(13)7-10(11)12/h3-4,7-8,14H,5-6,13H2,1-2H3. The summed E-state index contributed by atoms with van der Waals surface area (Å²) in [6.45, 7) is 5.61. The summed E-state index contributed by atoms with van der Waals surface area (Å²) < 4.78 is 6.57. The Morgan fingerprint density at radius 2 is 2.20 bits per heavy atom. The minimum absolute atomic E-state index is 0.289. The highest BCUT2D eigenvalue weighted by Gasteiger charge is 1.99. The number of nitrogens with one attached hydrogen (secondary N) is 1. The zero-order chi connectivity index (χ0) is 11.3. The van der Waals surface area contributed by atoms with Gasteiger partial charge < -0.3 is 15.8 Å². The van der Waals surface area contributed by atoms with Crippen molar-refractivity contribution in [2.24, 2.45) is 0 Å². The van der Waals surface area contributed by atoms with Gasteiger partial charge in [-0.25, -0.2) is 0 Å². The van der Waals surface area contributed by atoms with Crippen LogP contribution in [0.1, 0.15) is 13.8 Å². The first-order chi connectivity index (χ1) is 7.09. The molecule has 84 valence electrons. The fourth-order valence-electron chi connectivity index (χ4n) is 1.16. The van der Waals surface area contributed by atoms with E-state index < -0.39 is 0 Å². The van der Waals surface area contributed by atoms with Crippen LogP contribution in [0.5, 0.6) is 0 Å². The second-order valence-corrected chi connectivity index (χ2v) is 4.75. The van der Waals surface area contributed by atoms with Crippen LogP contribution in [0.2, 0.25) is 0 Å². The van der Waals surface area contributed by atoms with E-state index in [1.165, 1.54) is 0 Å². The molecule has 0 aliphatic heterocycles. The molecule has 0 aliphatic rings. The molecule has 0 aromatic heterocycles. The van der Waals surface area contributed by atoms with Crippen LogP contribution in [0, 0.1) is 3.57 Å². The van der Waals surface area contributed by atoms with Crippen molar-refractivity contribution in [3.8, 4) is 0 Å². The van der Waals surface area contributed by atoms with Crippen molar-refractivity contribution in [2.45, 2.75) is 20.0 Å². The molecule has 0 heterocycles. The van der Waals surface area contributed by atoms with Gasteiger partial charge in [0.2, 0.25) is 0 Å². The third-order valence-electron chi connectivity index (χ3n) is 1.86. The predicted molar refractivity (Wildman–Crippen MR) is 73.1 cm³/mol. The molecule has 0 bridgehead atoms. The minimum atomic E-state index is 0.289. The Labute approximate surface area is 105 Å². The van der Waals surface area contributed by atoms with Crippen molar-refractivity contribution < 1.29 is 4.74 Å². The third kappa shape index (κ3) is 4.70. The molecule has 0 unspecified atom stereocenters. The Kier molecular flexibility index (Phi) is 5.17. The molecule has 3 nitrogen and oxygen atoms in total. The lowest BCUT2D eigenvalue weighted by Crippen LogP contribution is -2.13. The van der Waals surface area contributed by atoms with Crippen molar-refractivity contribution >= 4 is 34.0 Å². The zero-order valence-corrected chi connectivity index (χ0v) is 11.2. The van der Waals surface area contributed by atoms with Gasteiger partial charge in [0.1, 0.15) is 0 Å². The molecule has 0 saturated heterocycles. The van der Waals surface area contributed by atoms with Crippen LogP contribution in [0.15, 0.2) is 18.2 Å². The van der Waals surface area contributed by atoms with Gasteiger partial charge >= 0.3 is 0 Å². The van der Waals surface area contributed by atoms with E-state index in [2.05, 4.69) is 27.9 Å². The Morgan fingerprint density at radius 1 is 1.47 bits per heavy atom. The first-order valence-corrected chi connectivity index (χ1v) is 6.08. The molecule has 0 amide bonds. The maximum absolute atomic E-state index is 5.66. The quantitative estimate of drug-likeness (QED) is 0.498. The highest BCUT2D eigenvalue weighted by Crippen LogP contribution is 2.20. The lowest BCUT2D eigenvalue weighted by atomic mass is 10.3. The summed E-state index contributed by atoms with van der Waals surface area (Å²) in [6, 6.07) is 5.84. The molecule has 1 aromatic rings. The van der Waals surface area contributed by atoms with Gasteiger partial charge in [-0.05, 0) is 54.6 Å². The first kappa shape index (κ1) is 12.6. The fraction of sp³-hybridized carbons (Fsp3) is 0.455. The van der Waals surface area contributed by atoms with Crippen molar-refractivity contribution in [3.05, 3.63) is 21.8 Å². The van der Waals surface area contributed by atoms with E-state index in [0.717, 1.165) is 28.1 Å². The highest BCUT2D eigenvalue weighted by atomic mass is 127. The Hall–Kier alpha value is -0.490. The number of hydrogen-bond acceptors (Lipinski definition) is 3. The Bertz CT molecular complexity index is 315. The number of benzene rings is 1. The third-order valence-corrected chi connectivity index (χ3v) is 2.75. The first-order valence-electron chi connectivity index (χ1n) is 5.00. The summed E-state index contributed by atoms with van der Waals surface area (Å²) in [4.78, 5) is 0. The van der Waals surface area contributed by atoms with Gasteiger partial charge in [0.15, 0.2) is 0 Å². The predicted octanol–water partition coefficient (Wildman–Crippen LogP) is 2.71. The van der Waals surface area contributed by atoms with E-state index in [-0.39, 0.29) is 6.10 Å². The van der Waals surface area contributed by atoms with Crippen LogP contribution in [0.3, 0.4) is 0 Å². The molecule has 0 aliphatic carbocycles. The molecule has 1 rings (SSSR count). The average molecular weight is 320 g/mol. The van der Waals surface area contributed by atoms with E-state index in [4.69, 9.17) is 10.5 Å². The molecule has 4 heteroatoms. The second-order valence-electron chi connectivity index (χ2n) is 3.59. The number of nitrogen functional groups attached to an aromatic ring is 1. The van der Waals surface area contributed by atoms with Crippen LogP contribution in [0.4, 0.5) is 11.4 Å². The highest BCUT2D eigenvalue weighted by molar-refractivity contribution is 14.1. The summed E-state index contributed by atoms with van der Waals surface area (Å²) in [6.07, 6.45) is 0.289. The lowest BCUT2D eigenvalue weighted by Gasteiger charge is -2.11. The van der Waals surface area contributed by atoms with Crippen LogP contribution in [-0.2, 0) is 4.74 Å². The Morgan fingerprint density at radius 3 is 2.80 bits per heavy atom. The summed E-state index contributed by atoms with van der Waals surface area (Å²) >= 11 is 2.27. The van der Waals surface area contributed by atoms with Gasteiger partial charge in [-0.2, -0.15) is 0 Å². The number of ether oxygens (including phenoxy) is 1. The number of anilines is 2. The summed E-state index contributed by atoms with van der Waals surface area (Å²) in [5.41, 5.74) is 7.57. The van der Waals surface area contributed by atoms with Gasteiger partial charge in [0.05, 0.1) is 12.7 Å². The fourth-order valence-corrected chi connectivity index (χ4v) is 1.89. The molecular formula is C11H17IN2O. The van der Waals surface area contributed by atoms with Crippen molar-refractivity contribution in [1.29, 1.82) is 0 Å². The number of rotatable bonds is 5. The summed E-state index contributed by atoms with van der Waals surface area (Å²) in [5, 5.41) is 3.31. The zero-order valence-electron chi connectivity index (χ0n) is 9.09. The lowest BCUT2D eigenvalue weighted by molar-refractivity contribution is 0.0870. The molecule has 1 aromatic carbocycles. The van der Waals surface area contributed by atoms with Crippen molar-refractivity contribution in [3.63, 3.8) is 0 Å². The van der Waals surface area contributed by atoms with Gasteiger partial charge in [0.25, 0.3) is 0 Å². The van der Waals surface area contributed by atoms with Crippen molar-refractivity contribution in [2.75, 3.05) is 24.2 Å². The smallest absolute Gasteiger partial charge is 0.0642 e. The van der Waals surface area contributed by atoms with Crippen LogP contribution < -0.4 is 11.1 Å². The number of halogens is 1. The average Bonchev–Trinajstić information content (AvgIpc) is 2.14. The summed E-state index contributed by atoms with van der Waals surface area (Å²) in [5.74, 6) is 0. The summed E-state index contributed by atoms with van der Waals surface area (Å²) in [7, 11) is 0. The molecule has 0 saturated carbocycles. The monoisotopic (exact) mass is 320 g/mol. The molecule has 15 heavy (non-hydrogen) atoms. The van der Waals surface area contributed by atoms with Crippen molar-refractivity contribution in [1.82, 2.24) is 0 Å². The van der Waals surface area contributed by atoms with Gasteiger partial charge in [-0.1, -0.05) is 0 Å². The van der Waals surface area contributed by atoms with Crippen LogP contribution in [0.25, 0.3) is 0 Å². The number of nitrogens with two attached hydrogens (primary N) is 1. The molecular weight excluding hydrogens is 303 g/mol. The van der Waals surface area contributed by atoms with E-state index >= 15 is 0 Å². The van der Waals surface area contributed by atoms with E-state index in [1.54, 1.807) is 0 Å². The SMILES string of the molecule is CC(C)OCCNc1ccc(N)cc1I. The molecule has 3 N–H and O–H groups in total. The van der Waals surface area contributed by atoms with Gasteiger partial charge in [0, 0.05) is 21.5 Å². The largest absolute Gasteiger partial charge is 0.399 e. The topological polar surface area (TPSA) is 47.3 Å². The van der Waals surface area contributed by atoms with Gasteiger partial charge in [-0.15, -0.1) is 0 Å². The second kappa shape index (κ2) is 6.17. The molecule has 0 atom stereocenters. The van der Waals surface area contributed by atoms with Crippen LogP contribution >= 0.6 is 22.6 Å². The molecule has 0 radical (unpaired) electrons. The molecule has 0 spiro atoms. The minimum Gasteiger partial charge on any atom is -0.399 e. The number of hydrogen-bond donors (Lipinski definition) is 2. The van der Waals surface area contributed by atoms with E-state index in [0.29, 0.717) is 0 Å². The van der Waals surface area contributed by atoms with Crippen LogP contribution in [-0.4, -0.2) is 19.3 Å². The van der Waals surface area contributed by atoms with E-state index in [9.17, 15) is 0 Å². The normalized spacial score (nSPS) is 10.7. The Balaban J connectivity index is 2.37. The maximum atomic E-state index is 5.66.